The van der Waals surface area contributed by atoms with E-state index in [4.69, 9.17) is 4.74 Å². The first-order valence-electron chi connectivity index (χ1n) is 8.12. The molecule has 0 aromatic heterocycles. The lowest BCUT2D eigenvalue weighted by molar-refractivity contribution is 0.231. The van der Waals surface area contributed by atoms with Crippen molar-refractivity contribution in [3.63, 3.8) is 0 Å². The van der Waals surface area contributed by atoms with E-state index in [0.29, 0.717) is 6.04 Å². The summed E-state index contributed by atoms with van der Waals surface area (Å²) < 4.78 is 5.39. The lowest BCUT2D eigenvalue weighted by Gasteiger charge is -2.34. The Morgan fingerprint density at radius 1 is 1.25 bits per heavy atom. The van der Waals surface area contributed by atoms with Crippen molar-refractivity contribution >= 4 is 0 Å². The molecule has 2 nitrogen and oxygen atoms in total. The molecule has 1 saturated carbocycles. The van der Waals surface area contributed by atoms with Gasteiger partial charge in [-0.2, -0.15) is 0 Å². The monoisotopic (exact) mass is 275 g/mol. The SMILES string of the molecule is CCCNC(c1cccc(OC)c1)C1CCC(C)CC1. The van der Waals surface area contributed by atoms with Crippen LogP contribution in [0.25, 0.3) is 0 Å². The zero-order valence-electron chi connectivity index (χ0n) is 13.2. The Balaban J connectivity index is 2.13. The number of hydrogen-bond donors (Lipinski definition) is 1. The van der Waals surface area contributed by atoms with E-state index in [-0.39, 0.29) is 0 Å². The quantitative estimate of drug-likeness (QED) is 0.821. The van der Waals surface area contributed by atoms with Gasteiger partial charge in [0.1, 0.15) is 5.75 Å². The molecule has 2 heteroatoms. The zero-order chi connectivity index (χ0) is 14.4. The first-order chi connectivity index (χ1) is 9.74. The van der Waals surface area contributed by atoms with E-state index < -0.39 is 0 Å². The normalized spacial score (nSPS) is 24.4. The summed E-state index contributed by atoms with van der Waals surface area (Å²) in [4.78, 5) is 0. The van der Waals surface area contributed by atoms with E-state index in [9.17, 15) is 0 Å². The predicted octanol–water partition coefficient (Wildman–Crippen LogP) is 4.56. The maximum Gasteiger partial charge on any atom is 0.119 e. The predicted molar refractivity (Wildman–Crippen MR) is 85.2 cm³/mol. The fourth-order valence-electron chi connectivity index (χ4n) is 3.31. The second-order valence-electron chi connectivity index (χ2n) is 6.23. The van der Waals surface area contributed by atoms with Gasteiger partial charge in [0, 0.05) is 6.04 Å². The molecule has 112 valence electrons. The Kier molecular flexibility index (Phi) is 5.90. The Hall–Kier alpha value is -1.02. The average molecular weight is 275 g/mol. The van der Waals surface area contributed by atoms with Gasteiger partial charge < -0.3 is 10.1 Å². The van der Waals surface area contributed by atoms with Crippen LogP contribution in [0.1, 0.15) is 57.6 Å². The number of hydrogen-bond acceptors (Lipinski definition) is 2. The molecule has 0 aliphatic heterocycles. The van der Waals surface area contributed by atoms with Crippen molar-refractivity contribution in [3.05, 3.63) is 29.8 Å². The second-order valence-corrected chi connectivity index (χ2v) is 6.23. The Morgan fingerprint density at radius 3 is 2.65 bits per heavy atom. The van der Waals surface area contributed by atoms with Gasteiger partial charge in [-0.3, -0.25) is 0 Å². The van der Waals surface area contributed by atoms with Crippen LogP contribution < -0.4 is 10.1 Å². The summed E-state index contributed by atoms with van der Waals surface area (Å²) in [7, 11) is 1.75. The molecule has 1 aromatic carbocycles. The molecular weight excluding hydrogens is 246 g/mol. The van der Waals surface area contributed by atoms with Gasteiger partial charge in [-0.05, 0) is 55.3 Å². The van der Waals surface area contributed by atoms with Crippen molar-refractivity contribution in [1.29, 1.82) is 0 Å². The second kappa shape index (κ2) is 7.68. The number of benzene rings is 1. The van der Waals surface area contributed by atoms with Gasteiger partial charge in [0.15, 0.2) is 0 Å². The highest BCUT2D eigenvalue weighted by molar-refractivity contribution is 5.31. The minimum absolute atomic E-state index is 0.484. The number of ether oxygens (including phenoxy) is 1. The summed E-state index contributed by atoms with van der Waals surface area (Å²) in [6, 6.07) is 9.07. The van der Waals surface area contributed by atoms with Crippen molar-refractivity contribution in [2.24, 2.45) is 11.8 Å². The topological polar surface area (TPSA) is 21.3 Å². The molecule has 1 N–H and O–H groups in total. The molecule has 1 unspecified atom stereocenters. The van der Waals surface area contributed by atoms with E-state index in [1.165, 1.54) is 37.7 Å². The van der Waals surface area contributed by atoms with Gasteiger partial charge >= 0.3 is 0 Å². The van der Waals surface area contributed by atoms with Crippen LogP contribution in [-0.4, -0.2) is 13.7 Å². The van der Waals surface area contributed by atoms with Crippen LogP contribution in [0.15, 0.2) is 24.3 Å². The van der Waals surface area contributed by atoms with Gasteiger partial charge in [-0.1, -0.05) is 38.8 Å². The van der Waals surface area contributed by atoms with E-state index in [1.807, 2.05) is 6.07 Å². The van der Waals surface area contributed by atoms with Crippen molar-refractivity contribution < 1.29 is 4.74 Å². The van der Waals surface area contributed by atoms with Crippen LogP contribution in [-0.2, 0) is 0 Å². The standard InChI is InChI=1S/C18H29NO/c1-4-12-19-18(15-10-8-14(2)9-11-15)16-6-5-7-17(13-16)20-3/h5-7,13-15,18-19H,4,8-12H2,1-3H3. The molecule has 0 heterocycles. The molecule has 1 atom stereocenters. The van der Waals surface area contributed by atoms with Crippen LogP contribution in [0.2, 0.25) is 0 Å². The highest BCUT2D eigenvalue weighted by Gasteiger charge is 2.26. The average Bonchev–Trinajstić information content (AvgIpc) is 2.49. The molecule has 0 amide bonds. The molecule has 2 rings (SSSR count). The lowest BCUT2D eigenvalue weighted by atomic mass is 9.77. The van der Waals surface area contributed by atoms with E-state index in [2.05, 4.69) is 37.4 Å². The van der Waals surface area contributed by atoms with Crippen LogP contribution >= 0.6 is 0 Å². The van der Waals surface area contributed by atoms with Crippen LogP contribution in [0.3, 0.4) is 0 Å². The van der Waals surface area contributed by atoms with Gasteiger partial charge in [0.2, 0.25) is 0 Å². The first kappa shape index (κ1) is 15.4. The Morgan fingerprint density at radius 2 is 2.00 bits per heavy atom. The van der Waals surface area contributed by atoms with Crippen LogP contribution in [0.5, 0.6) is 5.75 Å². The van der Waals surface area contributed by atoms with Crippen molar-refractivity contribution in [2.45, 2.75) is 52.0 Å². The minimum atomic E-state index is 0.484. The van der Waals surface area contributed by atoms with E-state index in [1.54, 1.807) is 7.11 Å². The third-order valence-electron chi connectivity index (χ3n) is 4.60. The molecule has 20 heavy (non-hydrogen) atoms. The Labute approximate surface area is 123 Å². The zero-order valence-corrected chi connectivity index (χ0v) is 13.2. The molecular formula is C18H29NO. The van der Waals surface area contributed by atoms with Gasteiger partial charge in [-0.15, -0.1) is 0 Å². The van der Waals surface area contributed by atoms with Crippen molar-refractivity contribution in [3.8, 4) is 5.75 Å². The molecule has 1 fully saturated rings. The summed E-state index contributed by atoms with van der Waals surface area (Å²) in [5.74, 6) is 2.64. The molecule has 0 radical (unpaired) electrons. The number of nitrogens with one attached hydrogen (secondary N) is 1. The minimum Gasteiger partial charge on any atom is -0.497 e. The molecule has 0 saturated heterocycles. The third kappa shape index (κ3) is 3.99. The highest BCUT2D eigenvalue weighted by Crippen LogP contribution is 2.37. The first-order valence-corrected chi connectivity index (χ1v) is 8.12. The van der Waals surface area contributed by atoms with E-state index >= 15 is 0 Å². The van der Waals surface area contributed by atoms with Gasteiger partial charge in [0.25, 0.3) is 0 Å². The largest absolute Gasteiger partial charge is 0.497 e. The lowest BCUT2D eigenvalue weighted by Crippen LogP contribution is -2.31. The van der Waals surface area contributed by atoms with Crippen molar-refractivity contribution in [2.75, 3.05) is 13.7 Å². The van der Waals surface area contributed by atoms with Gasteiger partial charge in [-0.25, -0.2) is 0 Å². The molecule has 1 aliphatic carbocycles. The fourth-order valence-corrected chi connectivity index (χ4v) is 3.31. The van der Waals surface area contributed by atoms with Gasteiger partial charge in [0.05, 0.1) is 7.11 Å². The highest BCUT2D eigenvalue weighted by atomic mass is 16.5. The fraction of sp³-hybridized carbons (Fsp3) is 0.667. The third-order valence-corrected chi connectivity index (χ3v) is 4.60. The summed E-state index contributed by atoms with van der Waals surface area (Å²) in [5, 5.41) is 3.77. The summed E-state index contributed by atoms with van der Waals surface area (Å²) in [6.07, 6.45) is 6.63. The molecule has 1 aromatic rings. The maximum atomic E-state index is 5.39. The smallest absolute Gasteiger partial charge is 0.119 e. The van der Waals surface area contributed by atoms with E-state index in [0.717, 1.165) is 24.1 Å². The summed E-state index contributed by atoms with van der Waals surface area (Å²) in [5.41, 5.74) is 1.39. The number of methoxy groups -OCH3 is 1. The summed E-state index contributed by atoms with van der Waals surface area (Å²) in [6.45, 7) is 5.71. The molecule has 1 aliphatic rings. The maximum absolute atomic E-state index is 5.39. The van der Waals surface area contributed by atoms with Crippen LogP contribution in [0, 0.1) is 11.8 Å². The number of rotatable bonds is 6. The van der Waals surface area contributed by atoms with Crippen LogP contribution in [0.4, 0.5) is 0 Å². The Bertz CT molecular complexity index is 396. The molecule has 0 bridgehead atoms. The summed E-state index contributed by atoms with van der Waals surface area (Å²) >= 11 is 0. The molecule has 0 spiro atoms. The van der Waals surface area contributed by atoms with Crippen molar-refractivity contribution in [1.82, 2.24) is 5.32 Å².